The number of amides is 2. The first-order valence-electron chi connectivity index (χ1n) is 8.91. The quantitative estimate of drug-likeness (QED) is 0.711. The molecule has 2 amide bonds. The van der Waals surface area contributed by atoms with Crippen LogP contribution in [0.4, 0.5) is 4.79 Å². The molecule has 0 fully saturated rings. The largest absolute Gasteiger partial charge is 0.465 e. The molecule has 0 aromatic carbocycles. The van der Waals surface area contributed by atoms with Crippen molar-refractivity contribution in [3.8, 4) is 0 Å². The van der Waals surface area contributed by atoms with Gasteiger partial charge in [-0.05, 0) is 63.5 Å². The Bertz CT molecular complexity index is 615. The number of carboxylic acid groups (broad SMARTS) is 1. The Labute approximate surface area is 149 Å². The summed E-state index contributed by atoms with van der Waals surface area (Å²) in [5.74, 6) is 0.0340. The molecular formula is C19H30N2O4. The Morgan fingerprint density at radius 1 is 1.36 bits per heavy atom. The average Bonchev–Trinajstić information content (AvgIpc) is 2.47. The van der Waals surface area contributed by atoms with E-state index in [9.17, 15) is 19.8 Å². The van der Waals surface area contributed by atoms with Crippen molar-refractivity contribution >= 4 is 12.0 Å². The first kappa shape index (κ1) is 19.5. The van der Waals surface area contributed by atoms with Crippen LogP contribution in [0.2, 0.25) is 0 Å². The van der Waals surface area contributed by atoms with E-state index in [2.05, 4.69) is 12.2 Å². The van der Waals surface area contributed by atoms with Crippen LogP contribution in [0.1, 0.15) is 59.8 Å². The number of nitrogens with zero attached hydrogens (tertiary/aromatic N) is 1. The van der Waals surface area contributed by atoms with Crippen LogP contribution in [-0.4, -0.2) is 45.8 Å². The third-order valence-corrected chi connectivity index (χ3v) is 5.32. The van der Waals surface area contributed by atoms with E-state index in [0.29, 0.717) is 25.8 Å². The van der Waals surface area contributed by atoms with Gasteiger partial charge in [-0.3, -0.25) is 4.79 Å². The van der Waals surface area contributed by atoms with Crippen molar-refractivity contribution in [2.75, 3.05) is 13.2 Å². The predicted molar refractivity (Wildman–Crippen MR) is 96.0 cm³/mol. The minimum absolute atomic E-state index is 0.0340. The zero-order valence-corrected chi connectivity index (χ0v) is 15.7. The molecule has 0 spiro atoms. The average molecular weight is 350 g/mol. The fourth-order valence-electron chi connectivity index (χ4n) is 3.77. The third-order valence-electron chi connectivity index (χ3n) is 5.32. The summed E-state index contributed by atoms with van der Waals surface area (Å²) < 4.78 is 0. The topological polar surface area (TPSA) is 89.9 Å². The summed E-state index contributed by atoms with van der Waals surface area (Å²) in [6.07, 6.45) is 4.35. The molecule has 1 aliphatic carbocycles. The second-order valence-corrected chi connectivity index (χ2v) is 8.30. The van der Waals surface area contributed by atoms with Gasteiger partial charge in [-0.25, -0.2) is 4.79 Å². The van der Waals surface area contributed by atoms with Crippen LogP contribution in [0, 0.1) is 5.41 Å². The highest BCUT2D eigenvalue weighted by atomic mass is 16.4. The Kier molecular flexibility index (Phi) is 5.62. The molecular weight excluding hydrogens is 320 g/mol. The van der Waals surface area contributed by atoms with E-state index < -0.39 is 11.6 Å². The minimum Gasteiger partial charge on any atom is -0.465 e. The molecule has 0 bridgehead atoms. The first-order valence-corrected chi connectivity index (χ1v) is 8.91. The lowest BCUT2D eigenvalue weighted by Crippen LogP contribution is -2.47. The van der Waals surface area contributed by atoms with Crippen molar-refractivity contribution < 1.29 is 19.8 Å². The van der Waals surface area contributed by atoms with E-state index in [0.717, 1.165) is 24.1 Å². The van der Waals surface area contributed by atoms with Gasteiger partial charge in [-0.1, -0.05) is 12.5 Å². The fraction of sp³-hybridized carbons (Fsp3) is 0.684. The fourth-order valence-corrected chi connectivity index (χ4v) is 3.77. The number of carbonyl (C=O) groups excluding carboxylic acids is 1. The number of hydrogen-bond donors (Lipinski definition) is 3. The van der Waals surface area contributed by atoms with E-state index in [1.165, 1.54) is 10.5 Å². The number of aliphatic hydroxyl groups is 1. The van der Waals surface area contributed by atoms with Gasteiger partial charge in [0.2, 0.25) is 5.91 Å². The summed E-state index contributed by atoms with van der Waals surface area (Å²) in [5, 5.41) is 21.9. The molecule has 140 valence electrons. The molecule has 6 heteroatoms. The third kappa shape index (κ3) is 4.42. The highest BCUT2D eigenvalue weighted by Gasteiger charge is 2.37. The summed E-state index contributed by atoms with van der Waals surface area (Å²) >= 11 is 0. The number of allylic oxidation sites excluding steroid dienone is 2. The Morgan fingerprint density at radius 3 is 2.60 bits per heavy atom. The van der Waals surface area contributed by atoms with Gasteiger partial charge in [0.15, 0.2) is 0 Å². The number of hydrogen-bond acceptors (Lipinski definition) is 3. The molecule has 1 heterocycles. The van der Waals surface area contributed by atoms with Crippen molar-refractivity contribution in [3.63, 3.8) is 0 Å². The standard InChI is InChI=1S/C19H30N2O4/c1-18(2,3)21(17(24)25)9-8-19(4)12-13-5-6-16(23)20-15(13)11-14(19)7-10-22/h11,22H,5-10,12H2,1-4H3,(H,20,23)(H,24,25). The summed E-state index contributed by atoms with van der Waals surface area (Å²) in [6.45, 7) is 8.30. The van der Waals surface area contributed by atoms with Crippen molar-refractivity contribution in [3.05, 3.63) is 22.9 Å². The Morgan fingerprint density at radius 2 is 2.04 bits per heavy atom. The van der Waals surface area contributed by atoms with Crippen molar-refractivity contribution in [2.24, 2.45) is 5.41 Å². The predicted octanol–water partition coefficient (Wildman–Crippen LogP) is 3.04. The summed E-state index contributed by atoms with van der Waals surface area (Å²) in [4.78, 5) is 24.7. The van der Waals surface area contributed by atoms with E-state index in [-0.39, 0.29) is 17.9 Å². The first-order chi connectivity index (χ1) is 11.6. The zero-order chi connectivity index (χ0) is 18.8. The highest BCUT2D eigenvalue weighted by molar-refractivity contribution is 5.80. The van der Waals surface area contributed by atoms with Gasteiger partial charge < -0.3 is 20.4 Å². The van der Waals surface area contributed by atoms with E-state index in [1.807, 2.05) is 26.8 Å². The van der Waals surface area contributed by atoms with Crippen LogP contribution >= 0.6 is 0 Å². The normalized spacial score (nSPS) is 23.7. The molecule has 1 atom stereocenters. The van der Waals surface area contributed by atoms with Gasteiger partial charge in [0, 0.05) is 30.8 Å². The van der Waals surface area contributed by atoms with Gasteiger partial charge >= 0.3 is 6.09 Å². The lowest BCUT2D eigenvalue weighted by Gasteiger charge is -2.42. The number of nitrogens with one attached hydrogen (secondary N) is 1. The summed E-state index contributed by atoms with van der Waals surface area (Å²) in [6, 6.07) is 0. The SMILES string of the molecule is CC1(CCN(C(=O)O)C(C)(C)C)CC2=C(C=C1CCO)NC(=O)CC2. The monoisotopic (exact) mass is 350 g/mol. The van der Waals surface area contributed by atoms with Crippen LogP contribution in [0.3, 0.4) is 0 Å². The maximum Gasteiger partial charge on any atom is 0.407 e. The van der Waals surface area contributed by atoms with Crippen molar-refractivity contribution in [1.82, 2.24) is 10.2 Å². The van der Waals surface area contributed by atoms with Crippen LogP contribution < -0.4 is 5.32 Å². The lowest BCUT2D eigenvalue weighted by molar-refractivity contribution is -0.120. The van der Waals surface area contributed by atoms with Gasteiger partial charge in [0.1, 0.15) is 0 Å². The van der Waals surface area contributed by atoms with Crippen LogP contribution in [0.25, 0.3) is 0 Å². The van der Waals surface area contributed by atoms with E-state index >= 15 is 0 Å². The van der Waals surface area contributed by atoms with Gasteiger partial charge in [-0.2, -0.15) is 0 Å². The van der Waals surface area contributed by atoms with E-state index in [1.54, 1.807) is 0 Å². The van der Waals surface area contributed by atoms with Crippen LogP contribution in [0.15, 0.2) is 22.9 Å². The highest BCUT2D eigenvalue weighted by Crippen LogP contribution is 2.45. The molecule has 2 aliphatic rings. The van der Waals surface area contributed by atoms with Crippen LogP contribution in [0.5, 0.6) is 0 Å². The molecule has 6 nitrogen and oxygen atoms in total. The second-order valence-electron chi connectivity index (χ2n) is 8.30. The number of aliphatic hydroxyl groups excluding tert-OH is 1. The van der Waals surface area contributed by atoms with Gasteiger partial charge in [0.05, 0.1) is 0 Å². The maximum atomic E-state index is 11.6. The van der Waals surface area contributed by atoms with Gasteiger partial charge in [-0.15, -0.1) is 0 Å². The molecule has 2 rings (SSSR count). The second kappa shape index (κ2) is 7.20. The minimum atomic E-state index is -0.913. The van der Waals surface area contributed by atoms with Gasteiger partial charge in [0.25, 0.3) is 0 Å². The van der Waals surface area contributed by atoms with Crippen molar-refractivity contribution in [1.29, 1.82) is 0 Å². The molecule has 1 aliphatic heterocycles. The zero-order valence-electron chi connectivity index (χ0n) is 15.7. The molecule has 3 N–H and O–H groups in total. The van der Waals surface area contributed by atoms with Crippen LogP contribution in [-0.2, 0) is 4.79 Å². The molecule has 25 heavy (non-hydrogen) atoms. The summed E-state index contributed by atoms with van der Waals surface area (Å²) in [5.41, 5.74) is 2.52. The molecule has 0 aromatic heterocycles. The molecule has 0 aromatic rings. The Balaban J connectivity index is 2.22. The molecule has 0 radical (unpaired) electrons. The number of rotatable bonds is 5. The lowest BCUT2D eigenvalue weighted by atomic mass is 9.68. The Hall–Kier alpha value is -1.82. The molecule has 0 saturated carbocycles. The smallest absolute Gasteiger partial charge is 0.407 e. The van der Waals surface area contributed by atoms with Crippen molar-refractivity contribution in [2.45, 2.75) is 65.3 Å². The molecule has 0 saturated heterocycles. The summed E-state index contributed by atoms with van der Waals surface area (Å²) in [7, 11) is 0. The maximum absolute atomic E-state index is 11.6. The van der Waals surface area contributed by atoms with E-state index in [4.69, 9.17) is 0 Å². The number of carbonyl (C=O) groups is 2. The molecule has 1 unspecified atom stereocenters.